The van der Waals surface area contributed by atoms with Gasteiger partial charge in [0.05, 0.1) is 11.4 Å². The van der Waals surface area contributed by atoms with E-state index in [1.807, 2.05) is 11.9 Å². The normalized spacial score (nSPS) is 26.2. The number of carbonyl (C=O) groups is 1. The average Bonchev–Trinajstić information content (AvgIpc) is 2.90. The molecule has 1 atom stereocenters. The van der Waals surface area contributed by atoms with Crippen LogP contribution in [0.15, 0.2) is 24.3 Å². The molecule has 1 fully saturated rings. The van der Waals surface area contributed by atoms with Crippen LogP contribution in [-0.2, 0) is 16.1 Å². The predicted octanol–water partition coefficient (Wildman–Crippen LogP) is 3.25. The van der Waals surface area contributed by atoms with E-state index in [-0.39, 0.29) is 10.8 Å². The van der Waals surface area contributed by atoms with E-state index in [1.165, 1.54) is 35.0 Å². The first-order valence-corrected chi connectivity index (χ1v) is 8.21. The van der Waals surface area contributed by atoms with E-state index in [0.717, 1.165) is 12.8 Å². The minimum absolute atomic E-state index is 0.165. The summed E-state index contributed by atoms with van der Waals surface area (Å²) in [4.78, 5) is 17.5. The summed E-state index contributed by atoms with van der Waals surface area (Å²) in [5.74, 6) is 0.854. The number of nitrogens with zero attached hydrogens (tertiary/aromatic N) is 1. The van der Waals surface area contributed by atoms with Crippen molar-refractivity contribution in [2.24, 2.45) is 0 Å². The van der Waals surface area contributed by atoms with Crippen LogP contribution in [0.1, 0.15) is 30.5 Å². The summed E-state index contributed by atoms with van der Waals surface area (Å²) in [6.07, 6.45) is 4.56. The lowest BCUT2D eigenvalue weighted by atomic mass is 10.0. The molecular formula is C16H18N2OS. The molecule has 1 aromatic heterocycles. The standard InChI is InChI=1S/C16H18N2OS/c1-18-14(19)10-20-16(18)9-5-4-7-12-11-6-2-3-8-13(11)17-15(12)16/h2-3,6,8,17H,4-5,7,9-10H2,1H3. The number of rotatable bonds is 0. The molecule has 2 aliphatic rings. The van der Waals surface area contributed by atoms with Crippen molar-refractivity contribution in [3.63, 3.8) is 0 Å². The molecule has 0 radical (unpaired) electrons. The number of carbonyl (C=O) groups excluding carboxylic acids is 1. The predicted molar refractivity (Wildman–Crippen MR) is 82.8 cm³/mol. The van der Waals surface area contributed by atoms with Crippen LogP contribution in [0.5, 0.6) is 0 Å². The van der Waals surface area contributed by atoms with Crippen LogP contribution >= 0.6 is 11.8 Å². The third-order valence-corrected chi connectivity index (χ3v) is 6.30. The van der Waals surface area contributed by atoms with Gasteiger partial charge in [-0.3, -0.25) is 4.79 Å². The van der Waals surface area contributed by atoms with Gasteiger partial charge in [0.15, 0.2) is 0 Å². The van der Waals surface area contributed by atoms with Gasteiger partial charge in [-0.1, -0.05) is 18.2 Å². The zero-order chi connectivity index (χ0) is 13.7. The Bertz CT molecular complexity index is 693. The van der Waals surface area contributed by atoms with Gasteiger partial charge in [-0.25, -0.2) is 0 Å². The van der Waals surface area contributed by atoms with Crippen molar-refractivity contribution in [3.8, 4) is 0 Å². The van der Waals surface area contributed by atoms with Gasteiger partial charge in [-0.15, -0.1) is 11.8 Å². The maximum atomic E-state index is 12.1. The van der Waals surface area contributed by atoms with E-state index in [9.17, 15) is 4.79 Å². The van der Waals surface area contributed by atoms with E-state index < -0.39 is 0 Å². The topological polar surface area (TPSA) is 36.1 Å². The number of fused-ring (bicyclic) bond motifs is 4. The molecule has 1 N–H and O–H groups in total. The maximum Gasteiger partial charge on any atom is 0.233 e. The largest absolute Gasteiger partial charge is 0.355 e. The molecule has 4 rings (SSSR count). The Balaban J connectivity index is 1.98. The molecule has 1 spiro atoms. The SMILES string of the molecule is CN1C(=O)CSC12CCCCc1c2[nH]c2ccccc12. The van der Waals surface area contributed by atoms with Crippen molar-refractivity contribution in [2.45, 2.75) is 30.6 Å². The van der Waals surface area contributed by atoms with E-state index in [1.54, 1.807) is 11.8 Å². The summed E-state index contributed by atoms with van der Waals surface area (Å²) < 4.78 is 0. The molecule has 1 aromatic carbocycles. The van der Waals surface area contributed by atoms with Crippen LogP contribution in [0.3, 0.4) is 0 Å². The number of thioether (sulfide) groups is 1. The lowest BCUT2D eigenvalue weighted by Gasteiger charge is -2.34. The summed E-state index contributed by atoms with van der Waals surface area (Å²) in [6.45, 7) is 0. The van der Waals surface area contributed by atoms with Crippen LogP contribution < -0.4 is 0 Å². The molecule has 1 unspecified atom stereocenters. The Kier molecular flexibility index (Phi) is 2.64. The first-order chi connectivity index (χ1) is 9.72. The number of benzene rings is 1. The molecular weight excluding hydrogens is 268 g/mol. The fourth-order valence-corrected chi connectivity index (χ4v) is 5.10. The number of nitrogens with one attached hydrogen (secondary N) is 1. The summed E-state index contributed by atoms with van der Waals surface area (Å²) in [7, 11) is 1.96. The number of hydrogen-bond acceptors (Lipinski definition) is 2. The summed E-state index contributed by atoms with van der Waals surface area (Å²) in [6, 6.07) is 8.51. The first kappa shape index (κ1) is 12.3. The minimum atomic E-state index is -0.165. The number of hydrogen-bond donors (Lipinski definition) is 1. The molecule has 20 heavy (non-hydrogen) atoms. The third kappa shape index (κ3) is 1.51. The van der Waals surface area contributed by atoms with Gasteiger partial charge < -0.3 is 9.88 Å². The Hall–Kier alpha value is -1.42. The Labute approximate surface area is 122 Å². The molecule has 104 valence electrons. The lowest BCUT2D eigenvalue weighted by Crippen LogP contribution is -2.39. The highest BCUT2D eigenvalue weighted by Crippen LogP contribution is 2.51. The van der Waals surface area contributed by atoms with Crippen molar-refractivity contribution in [3.05, 3.63) is 35.5 Å². The smallest absolute Gasteiger partial charge is 0.233 e. The second-order valence-electron chi connectivity index (χ2n) is 5.76. The summed E-state index contributed by atoms with van der Waals surface area (Å²) in [5, 5.41) is 1.33. The molecule has 3 nitrogen and oxygen atoms in total. The molecule has 2 heterocycles. The quantitative estimate of drug-likeness (QED) is 0.807. The van der Waals surface area contributed by atoms with E-state index in [4.69, 9.17) is 0 Å². The highest BCUT2D eigenvalue weighted by atomic mass is 32.2. The molecule has 1 aliphatic heterocycles. The number of amides is 1. The number of aromatic amines is 1. The molecule has 0 bridgehead atoms. The van der Waals surface area contributed by atoms with Crippen molar-refractivity contribution in [2.75, 3.05) is 12.8 Å². The number of aryl methyl sites for hydroxylation is 1. The molecule has 1 aliphatic carbocycles. The van der Waals surface area contributed by atoms with E-state index in [0.29, 0.717) is 5.75 Å². The zero-order valence-electron chi connectivity index (χ0n) is 11.6. The van der Waals surface area contributed by atoms with Gasteiger partial charge >= 0.3 is 0 Å². The summed E-state index contributed by atoms with van der Waals surface area (Å²) in [5.41, 5.74) is 3.90. The van der Waals surface area contributed by atoms with Gasteiger partial charge in [0.2, 0.25) is 5.91 Å². The average molecular weight is 286 g/mol. The number of H-pyrrole nitrogens is 1. The monoisotopic (exact) mass is 286 g/mol. The first-order valence-electron chi connectivity index (χ1n) is 7.23. The van der Waals surface area contributed by atoms with Crippen LogP contribution in [0.4, 0.5) is 0 Å². The van der Waals surface area contributed by atoms with Crippen LogP contribution in [0, 0.1) is 0 Å². The van der Waals surface area contributed by atoms with Gasteiger partial charge in [0.25, 0.3) is 0 Å². The zero-order valence-corrected chi connectivity index (χ0v) is 12.4. The van der Waals surface area contributed by atoms with Gasteiger partial charge in [0.1, 0.15) is 4.87 Å². The van der Waals surface area contributed by atoms with Crippen LogP contribution in [0.2, 0.25) is 0 Å². The Morgan fingerprint density at radius 3 is 2.95 bits per heavy atom. The van der Waals surface area contributed by atoms with Gasteiger partial charge in [0, 0.05) is 18.0 Å². The fourth-order valence-electron chi connectivity index (χ4n) is 3.64. The minimum Gasteiger partial charge on any atom is -0.355 e. The maximum absolute atomic E-state index is 12.1. The van der Waals surface area contributed by atoms with Gasteiger partial charge in [-0.05, 0) is 37.3 Å². The van der Waals surface area contributed by atoms with Crippen molar-refractivity contribution in [1.82, 2.24) is 9.88 Å². The van der Waals surface area contributed by atoms with Gasteiger partial charge in [-0.2, -0.15) is 0 Å². The molecule has 0 saturated carbocycles. The molecule has 1 amide bonds. The van der Waals surface area contributed by atoms with Crippen molar-refractivity contribution >= 4 is 28.6 Å². The Morgan fingerprint density at radius 2 is 2.15 bits per heavy atom. The second kappa shape index (κ2) is 4.29. The van der Waals surface area contributed by atoms with E-state index >= 15 is 0 Å². The molecule has 2 aromatic rings. The number of aromatic nitrogens is 1. The van der Waals surface area contributed by atoms with E-state index in [2.05, 4.69) is 29.2 Å². The highest BCUT2D eigenvalue weighted by Gasteiger charge is 2.48. The molecule has 4 heteroatoms. The third-order valence-electron chi connectivity index (χ3n) is 4.75. The number of para-hydroxylation sites is 1. The Morgan fingerprint density at radius 1 is 1.30 bits per heavy atom. The highest BCUT2D eigenvalue weighted by molar-refractivity contribution is 8.01. The lowest BCUT2D eigenvalue weighted by molar-refractivity contribution is -0.129. The second-order valence-corrected chi connectivity index (χ2v) is 7.01. The van der Waals surface area contributed by atoms with Crippen molar-refractivity contribution < 1.29 is 4.79 Å². The van der Waals surface area contributed by atoms with Crippen LogP contribution in [0.25, 0.3) is 10.9 Å². The summed E-state index contributed by atoms with van der Waals surface area (Å²) >= 11 is 1.80. The molecule has 1 saturated heterocycles. The van der Waals surface area contributed by atoms with Crippen LogP contribution in [-0.4, -0.2) is 28.6 Å². The van der Waals surface area contributed by atoms with Crippen molar-refractivity contribution in [1.29, 1.82) is 0 Å². The fraction of sp³-hybridized carbons (Fsp3) is 0.438.